The molecule has 0 heterocycles. The Labute approximate surface area is 113 Å². The van der Waals surface area contributed by atoms with Gasteiger partial charge in [0, 0.05) is 11.7 Å². The summed E-state index contributed by atoms with van der Waals surface area (Å²) in [6.07, 6.45) is 4.92. The average molecular weight is 300 g/mol. The molecule has 1 atom stereocenters. The van der Waals surface area contributed by atoms with Crippen LogP contribution >= 0.6 is 15.9 Å². The topological polar surface area (TPSA) is 21.3 Å². The van der Waals surface area contributed by atoms with Gasteiger partial charge in [0.1, 0.15) is 5.75 Å². The Hall–Kier alpha value is -0.700. The summed E-state index contributed by atoms with van der Waals surface area (Å²) < 4.78 is 6.22. The average Bonchev–Trinajstić information content (AvgIpc) is 2.34. The van der Waals surface area contributed by atoms with Gasteiger partial charge in [0.05, 0.1) is 11.6 Å². The first-order valence-corrected chi connectivity index (χ1v) is 7.10. The summed E-state index contributed by atoms with van der Waals surface area (Å²) in [7, 11) is 1.68. The molecule has 17 heavy (non-hydrogen) atoms. The number of benzene rings is 1. The van der Waals surface area contributed by atoms with Crippen LogP contribution in [0, 0.1) is 0 Å². The van der Waals surface area contributed by atoms with Crippen molar-refractivity contribution in [3.8, 4) is 5.75 Å². The second kappa shape index (κ2) is 7.59. The number of rotatable bonds is 7. The zero-order chi connectivity index (χ0) is 12.7. The van der Waals surface area contributed by atoms with Gasteiger partial charge in [0.25, 0.3) is 0 Å². The van der Waals surface area contributed by atoms with E-state index in [1.807, 2.05) is 6.07 Å². The van der Waals surface area contributed by atoms with E-state index in [-0.39, 0.29) is 0 Å². The Bertz CT molecular complexity index is 341. The second-order valence-electron chi connectivity index (χ2n) is 4.24. The van der Waals surface area contributed by atoms with Crippen molar-refractivity contribution in [3.05, 3.63) is 22.7 Å². The molecule has 0 saturated carbocycles. The maximum Gasteiger partial charge on any atom is 0.133 e. The van der Waals surface area contributed by atoms with Gasteiger partial charge in [-0.3, -0.25) is 0 Å². The predicted molar refractivity (Wildman–Crippen MR) is 77.9 cm³/mol. The summed E-state index contributed by atoms with van der Waals surface area (Å²) in [5.74, 6) is 0.872. The molecule has 0 aliphatic heterocycles. The van der Waals surface area contributed by atoms with Crippen molar-refractivity contribution in [1.29, 1.82) is 0 Å². The van der Waals surface area contributed by atoms with Gasteiger partial charge in [-0.1, -0.05) is 26.7 Å². The lowest BCUT2D eigenvalue weighted by molar-refractivity contribution is 0.412. The maximum absolute atomic E-state index is 5.22. The standard InChI is InChI=1S/C14H22BrNO/c1-4-6-7-11(5-2)16-12-8-9-14(17-3)13(15)10-12/h8-11,16H,4-7H2,1-3H3. The van der Waals surface area contributed by atoms with Crippen LogP contribution in [0.25, 0.3) is 0 Å². The third-order valence-corrected chi connectivity index (χ3v) is 3.54. The highest BCUT2D eigenvalue weighted by molar-refractivity contribution is 9.10. The van der Waals surface area contributed by atoms with Gasteiger partial charge < -0.3 is 10.1 Å². The fourth-order valence-corrected chi connectivity index (χ4v) is 2.36. The fraction of sp³-hybridized carbons (Fsp3) is 0.571. The summed E-state index contributed by atoms with van der Waals surface area (Å²) in [4.78, 5) is 0. The lowest BCUT2D eigenvalue weighted by Gasteiger charge is -2.18. The summed E-state index contributed by atoms with van der Waals surface area (Å²) in [5.41, 5.74) is 1.15. The number of hydrogen-bond donors (Lipinski definition) is 1. The Morgan fingerprint density at radius 3 is 2.65 bits per heavy atom. The van der Waals surface area contributed by atoms with Crippen molar-refractivity contribution in [2.75, 3.05) is 12.4 Å². The third kappa shape index (κ3) is 4.58. The van der Waals surface area contributed by atoms with E-state index in [1.54, 1.807) is 7.11 Å². The molecule has 0 fully saturated rings. The lowest BCUT2D eigenvalue weighted by Crippen LogP contribution is -2.18. The van der Waals surface area contributed by atoms with Gasteiger partial charge >= 0.3 is 0 Å². The highest BCUT2D eigenvalue weighted by atomic mass is 79.9. The molecule has 1 N–H and O–H groups in total. The molecule has 2 nitrogen and oxygen atoms in total. The third-order valence-electron chi connectivity index (χ3n) is 2.92. The van der Waals surface area contributed by atoms with Crippen molar-refractivity contribution in [3.63, 3.8) is 0 Å². The minimum atomic E-state index is 0.565. The highest BCUT2D eigenvalue weighted by Gasteiger charge is 2.07. The van der Waals surface area contributed by atoms with Crippen LogP contribution in [0.15, 0.2) is 22.7 Å². The number of nitrogens with one attached hydrogen (secondary N) is 1. The maximum atomic E-state index is 5.22. The van der Waals surface area contributed by atoms with Crippen molar-refractivity contribution >= 4 is 21.6 Å². The van der Waals surface area contributed by atoms with Gasteiger partial charge in [-0.2, -0.15) is 0 Å². The summed E-state index contributed by atoms with van der Waals surface area (Å²) >= 11 is 3.51. The molecule has 0 spiro atoms. The lowest BCUT2D eigenvalue weighted by atomic mass is 10.1. The number of ether oxygens (including phenoxy) is 1. The molecule has 1 aromatic carbocycles. The second-order valence-corrected chi connectivity index (χ2v) is 5.10. The Morgan fingerprint density at radius 1 is 1.35 bits per heavy atom. The molecular weight excluding hydrogens is 278 g/mol. The quantitative estimate of drug-likeness (QED) is 0.778. The summed E-state index contributed by atoms with van der Waals surface area (Å²) in [5, 5.41) is 3.57. The van der Waals surface area contributed by atoms with Crippen LogP contribution in [0.3, 0.4) is 0 Å². The molecule has 1 rings (SSSR count). The molecule has 0 aliphatic rings. The van der Waals surface area contributed by atoms with Gasteiger partial charge in [-0.25, -0.2) is 0 Å². The van der Waals surface area contributed by atoms with Crippen LogP contribution in [0.4, 0.5) is 5.69 Å². The number of anilines is 1. The first-order chi connectivity index (χ1) is 8.21. The first-order valence-electron chi connectivity index (χ1n) is 6.31. The zero-order valence-corrected chi connectivity index (χ0v) is 12.5. The molecule has 96 valence electrons. The minimum absolute atomic E-state index is 0.565. The summed E-state index contributed by atoms with van der Waals surface area (Å²) in [6.45, 7) is 4.46. The van der Waals surface area contributed by atoms with Gasteiger partial charge in [-0.05, 0) is 47.0 Å². The molecule has 0 amide bonds. The summed E-state index contributed by atoms with van der Waals surface area (Å²) in [6, 6.07) is 6.69. The van der Waals surface area contributed by atoms with Crippen molar-refractivity contribution in [2.24, 2.45) is 0 Å². The van der Waals surface area contributed by atoms with E-state index >= 15 is 0 Å². The van der Waals surface area contributed by atoms with Crippen LogP contribution in [0.1, 0.15) is 39.5 Å². The predicted octanol–water partition coefficient (Wildman–Crippen LogP) is 4.84. The molecule has 1 aromatic rings. The van der Waals surface area contributed by atoms with Crippen LogP contribution in [0.5, 0.6) is 5.75 Å². The van der Waals surface area contributed by atoms with Gasteiger partial charge in [0.2, 0.25) is 0 Å². The van der Waals surface area contributed by atoms with Crippen LogP contribution in [-0.4, -0.2) is 13.2 Å². The normalized spacial score (nSPS) is 12.2. The van der Waals surface area contributed by atoms with Crippen molar-refractivity contribution in [1.82, 2.24) is 0 Å². The van der Waals surface area contributed by atoms with Crippen LogP contribution < -0.4 is 10.1 Å². The molecule has 3 heteroatoms. The van der Waals surface area contributed by atoms with E-state index in [2.05, 4.69) is 47.2 Å². The molecular formula is C14H22BrNO. The Balaban J connectivity index is 2.63. The highest BCUT2D eigenvalue weighted by Crippen LogP contribution is 2.28. The van der Waals surface area contributed by atoms with Crippen LogP contribution in [0.2, 0.25) is 0 Å². The number of unbranched alkanes of at least 4 members (excludes halogenated alkanes) is 1. The van der Waals surface area contributed by atoms with Crippen molar-refractivity contribution < 1.29 is 4.74 Å². The Kier molecular flexibility index (Phi) is 6.41. The molecule has 0 aliphatic carbocycles. The smallest absolute Gasteiger partial charge is 0.133 e. The molecule has 0 radical (unpaired) electrons. The monoisotopic (exact) mass is 299 g/mol. The molecule has 0 aromatic heterocycles. The van der Waals surface area contributed by atoms with Crippen molar-refractivity contribution in [2.45, 2.75) is 45.6 Å². The molecule has 1 unspecified atom stereocenters. The van der Waals surface area contributed by atoms with E-state index < -0.39 is 0 Å². The molecule has 0 bridgehead atoms. The Morgan fingerprint density at radius 2 is 2.12 bits per heavy atom. The van der Waals surface area contributed by atoms with E-state index in [0.29, 0.717) is 6.04 Å². The minimum Gasteiger partial charge on any atom is -0.496 e. The largest absolute Gasteiger partial charge is 0.496 e. The van der Waals surface area contributed by atoms with Gasteiger partial charge in [0.15, 0.2) is 0 Å². The number of hydrogen-bond acceptors (Lipinski definition) is 2. The van der Waals surface area contributed by atoms with E-state index in [0.717, 1.165) is 22.3 Å². The first kappa shape index (κ1) is 14.4. The van der Waals surface area contributed by atoms with Gasteiger partial charge in [-0.15, -0.1) is 0 Å². The number of halogens is 1. The fourth-order valence-electron chi connectivity index (χ4n) is 1.82. The van der Waals surface area contributed by atoms with Crippen LogP contribution in [-0.2, 0) is 0 Å². The SMILES string of the molecule is CCCCC(CC)Nc1ccc(OC)c(Br)c1. The van der Waals surface area contributed by atoms with E-state index in [4.69, 9.17) is 4.74 Å². The van der Waals surface area contributed by atoms with E-state index in [9.17, 15) is 0 Å². The van der Waals surface area contributed by atoms with E-state index in [1.165, 1.54) is 19.3 Å². The number of methoxy groups -OCH3 is 1. The molecule has 0 saturated heterocycles. The zero-order valence-electron chi connectivity index (χ0n) is 10.9.